The van der Waals surface area contributed by atoms with Gasteiger partial charge in [-0.25, -0.2) is 4.98 Å². The molecule has 1 fully saturated rings. The number of rotatable bonds is 5. The Hall–Kier alpha value is -3.22. The molecule has 1 aromatic heterocycles. The van der Waals surface area contributed by atoms with Crippen LogP contribution in [-0.2, 0) is 11.3 Å². The van der Waals surface area contributed by atoms with E-state index in [1.54, 1.807) is 28.0 Å². The third kappa shape index (κ3) is 4.69. The molecule has 1 saturated heterocycles. The molecule has 2 aromatic rings. The number of benzene rings is 1. The zero-order valence-corrected chi connectivity index (χ0v) is 15.2. The molecule has 0 bridgehead atoms. The fourth-order valence-electron chi connectivity index (χ4n) is 2.97. The number of nitrogens with one attached hydrogen (secondary N) is 1. The van der Waals surface area contributed by atoms with E-state index < -0.39 is 0 Å². The SMILES string of the molecule is Cc1cccc(CNC(=O)c2cccc(C(=O)N3CCN(C=O)CC3)n2)c1. The normalized spacial score (nSPS) is 14.0. The molecule has 0 atom stereocenters. The zero-order valence-electron chi connectivity index (χ0n) is 15.2. The highest BCUT2D eigenvalue weighted by atomic mass is 16.2. The summed E-state index contributed by atoms with van der Waals surface area (Å²) in [6.45, 7) is 4.33. The minimum Gasteiger partial charge on any atom is -0.347 e. The van der Waals surface area contributed by atoms with Crippen LogP contribution in [0.4, 0.5) is 0 Å². The first-order valence-electron chi connectivity index (χ1n) is 8.86. The number of amides is 3. The second kappa shape index (κ2) is 8.44. The van der Waals surface area contributed by atoms with E-state index in [9.17, 15) is 14.4 Å². The maximum atomic E-state index is 12.6. The first-order chi connectivity index (χ1) is 13.1. The van der Waals surface area contributed by atoms with Gasteiger partial charge >= 0.3 is 0 Å². The topological polar surface area (TPSA) is 82.6 Å². The second-order valence-electron chi connectivity index (χ2n) is 6.51. The number of pyridine rings is 1. The Kier molecular flexibility index (Phi) is 5.80. The van der Waals surface area contributed by atoms with Crippen molar-refractivity contribution in [1.29, 1.82) is 0 Å². The Balaban J connectivity index is 1.63. The van der Waals surface area contributed by atoms with Crippen molar-refractivity contribution in [3.8, 4) is 0 Å². The summed E-state index contributed by atoms with van der Waals surface area (Å²) >= 11 is 0. The van der Waals surface area contributed by atoms with Crippen LogP contribution in [0, 0.1) is 6.92 Å². The van der Waals surface area contributed by atoms with Gasteiger partial charge in [0.2, 0.25) is 6.41 Å². The van der Waals surface area contributed by atoms with Gasteiger partial charge in [-0.1, -0.05) is 35.9 Å². The van der Waals surface area contributed by atoms with Gasteiger partial charge in [0.1, 0.15) is 11.4 Å². The first kappa shape index (κ1) is 18.6. The summed E-state index contributed by atoms with van der Waals surface area (Å²) < 4.78 is 0. The van der Waals surface area contributed by atoms with Crippen LogP contribution >= 0.6 is 0 Å². The fourth-order valence-corrected chi connectivity index (χ4v) is 2.97. The summed E-state index contributed by atoms with van der Waals surface area (Å²) in [6, 6.07) is 12.7. The summed E-state index contributed by atoms with van der Waals surface area (Å²) in [5.41, 5.74) is 2.57. The largest absolute Gasteiger partial charge is 0.347 e. The minimum absolute atomic E-state index is 0.208. The molecule has 7 heteroatoms. The third-order valence-corrected chi connectivity index (χ3v) is 4.49. The molecule has 0 radical (unpaired) electrons. The number of piperazine rings is 1. The molecule has 3 rings (SSSR count). The summed E-state index contributed by atoms with van der Waals surface area (Å²) in [5.74, 6) is -0.550. The van der Waals surface area contributed by atoms with Crippen molar-refractivity contribution in [3.05, 3.63) is 65.0 Å². The van der Waals surface area contributed by atoms with Crippen LogP contribution in [0.2, 0.25) is 0 Å². The number of hydrogen-bond donors (Lipinski definition) is 1. The summed E-state index contributed by atoms with van der Waals surface area (Å²) in [6.07, 6.45) is 0.791. The highest BCUT2D eigenvalue weighted by Crippen LogP contribution is 2.08. The van der Waals surface area contributed by atoms with E-state index in [1.807, 2.05) is 31.2 Å². The van der Waals surface area contributed by atoms with E-state index in [4.69, 9.17) is 0 Å². The zero-order chi connectivity index (χ0) is 19.2. The molecule has 1 aliphatic rings. The fraction of sp³-hybridized carbons (Fsp3) is 0.300. The van der Waals surface area contributed by atoms with Crippen LogP contribution in [0.25, 0.3) is 0 Å². The lowest BCUT2D eigenvalue weighted by atomic mass is 10.1. The van der Waals surface area contributed by atoms with Crippen LogP contribution in [0.1, 0.15) is 32.1 Å². The number of hydrogen-bond acceptors (Lipinski definition) is 4. The van der Waals surface area contributed by atoms with Gasteiger partial charge < -0.3 is 15.1 Å². The number of nitrogens with zero attached hydrogens (tertiary/aromatic N) is 3. The van der Waals surface area contributed by atoms with Crippen LogP contribution in [0.15, 0.2) is 42.5 Å². The highest BCUT2D eigenvalue weighted by molar-refractivity contribution is 5.96. The van der Waals surface area contributed by atoms with Gasteiger partial charge in [-0.05, 0) is 24.6 Å². The van der Waals surface area contributed by atoms with E-state index >= 15 is 0 Å². The van der Waals surface area contributed by atoms with E-state index in [2.05, 4.69) is 10.3 Å². The van der Waals surface area contributed by atoms with Crippen molar-refractivity contribution >= 4 is 18.2 Å². The maximum absolute atomic E-state index is 12.6. The van der Waals surface area contributed by atoms with Gasteiger partial charge in [-0.2, -0.15) is 0 Å². The predicted molar refractivity (Wildman–Crippen MR) is 100 cm³/mol. The predicted octanol–water partition coefficient (Wildman–Crippen LogP) is 1.23. The number of aryl methyl sites for hydroxylation is 1. The summed E-state index contributed by atoms with van der Waals surface area (Å²) in [5, 5.41) is 2.83. The first-order valence-corrected chi connectivity index (χ1v) is 8.86. The van der Waals surface area contributed by atoms with E-state index in [1.165, 1.54) is 0 Å². The van der Waals surface area contributed by atoms with Gasteiger partial charge in [-0.3, -0.25) is 14.4 Å². The Bertz CT molecular complexity index is 845. The Morgan fingerprint density at radius 3 is 2.48 bits per heavy atom. The van der Waals surface area contributed by atoms with Crippen LogP contribution < -0.4 is 5.32 Å². The molecule has 0 aliphatic carbocycles. The van der Waals surface area contributed by atoms with Crippen LogP contribution in [0.3, 0.4) is 0 Å². The molecule has 0 saturated carbocycles. The Labute approximate surface area is 158 Å². The van der Waals surface area contributed by atoms with Gasteiger partial charge in [0.15, 0.2) is 0 Å². The standard InChI is InChI=1S/C20H22N4O3/c1-15-4-2-5-16(12-15)13-21-19(26)17-6-3-7-18(22-17)20(27)24-10-8-23(14-25)9-11-24/h2-7,12,14H,8-11,13H2,1H3,(H,21,26). The van der Waals surface area contributed by atoms with Gasteiger partial charge in [0.05, 0.1) is 0 Å². The maximum Gasteiger partial charge on any atom is 0.272 e. The molecule has 0 spiro atoms. The molecule has 3 amide bonds. The number of carbonyl (C=O) groups excluding carboxylic acids is 3. The van der Waals surface area contributed by atoms with Crippen molar-refractivity contribution in [1.82, 2.24) is 20.1 Å². The average Bonchev–Trinajstić information content (AvgIpc) is 2.71. The molecule has 7 nitrogen and oxygen atoms in total. The van der Waals surface area contributed by atoms with E-state index in [0.717, 1.165) is 17.5 Å². The molecule has 1 aliphatic heterocycles. The molecule has 27 heavy (non-hydrogen) atoms. The molecule has 140 valence electrons. The van der Waals surface area contributed by atoms with Crippen LogP contribution in [-0.4, -0.2) is 59.2 Å². The molecular weight excluding hydrogens is 344 g/mol. The number of carbonyl (C=O) groups is 3. The number of aromatic nitrogens is 1. The lowest BCUT2D eigenvalue weighted by Gasteiger charge is -2.32. The molecule has 0 unspecified atom stereocenters. The lowest BCUT2D eigenvalue weighted by Crippen LogP contribution is -2.48. The van der Waals surface area contributed by atoms with Gasteiger partial charge in [0.25, 0.3) is 11.8 Å². The smallest absolute Gasteiger partial charge is 0.272 e. The Morgan fingerprint density at radius 1 is 1.07 bits per heavy atom. The molecule has 1 aromatic carbocycles. The van der Waals surface area contributed by atoms with Crippen molar-refractivity contribution in [2.45, 2.75) is 13.5 Å². The van der Waals surface area contributed by atoms with Crippen molar-refractivity contribution in [3.63, 3.8) is 0 Å². The van der Waals surface area contributed by atoms with E-state index in [-0.39, 0.29) is 23.2 Å². The summed E-state index contributed by atoms with van der Waals surface area (Å²) in [4.78, 5) is 43.3. The van der Waals surface area contributed by atoms with E-state index in [0.29, 0.717) is 32.7 Å². The van der Waals surface area contributed by atoms with Gasteiger partial charge in [-0.15, -0.1) is 0 Å². The monoisotopic (exact) mass is 366 g/mol. The highest BCUT2D eigenvalue weighted by Gasteiger charge is 2.22. The van der Waals surface area contributed by atoms with Crippen molar-refractivity contribution < 1.29 is 14.4 Å². The quantitative estimate of drug-likeness (QED) is 0.807. The van der Waals surface area contributed by atoms with Crippen molar-refractivity contribution in [2.75, 3.05) is 26.2 Å². The average molecular weight is 366 g/mol. The lowest BCUT2D eigenvalue weighted by molar-refractivity contribution is -0.119. The van der Waals surface area contributed by atoms with Crippen LogP contribution in [0.5, 0.6) is 0 Å². The second-order valence-corrected chi connectivity index (χ2v) is 6.51. The molecule has 1 N–H and O–H groups in total. The minimum atomic E-state index is -0.322. The third-order valence-electron chi connectivity index (χ3n) is 4.49. The van der Waals surface area contributed by atoms with Crippen molar-refractivity contribution in [2.24, 2.45) is 0 Å². The summed E-state index contributed by atoms with van der Waals surface area (Å²) in [7, 11) is 0. The Morgan fingerprint density at radius 2 is 1.78 bits per heavy atom. The molecular formula is C20H22N4O3. The van der Waals surface area contributed by atoms with Gasteiger partial charge in [0, 0.05) is 32.7 Å². The molecule has 2 heterocycles.